The number of hydrogen-bond donors (Lipinski definition) is 0. The predicted octanol–water partition coefficient (Wildman–Crippen LogP) is 17.6. The van der Waals surface area contributed by atoms with Crippen LogP contribution in [-0.2, 0) is 28.6 Å². The van der Waals surface area contributed by atoms with Crippen molar-refractivity contribution in [3.05, 3.63) is 0 Å². The van der Waals surface area contributed by atoms with Crippen LogP contribution < -0.4 is 0 Å². The van der Waals surface area contributed by atoms with E-state index in [0.717, 1.165) is 75.5 Å². The first-order valence-electron chi connectivity index (χ1n) is 27.1. The number of unbranched alkanes of at least 4 members (excludes halogenated alkanes) is 31. The van der Waals surface area contributed by atoms with Crippen LogP contribution in [0.1, 0.15) is 298 Å². The van der Waals surface area contributed by atoms with Crippen LogP contribution in [0.2, 0.25) is 0 Å². The van der Waals surface area contributed by atoms with E-state index in [1.54, 1.807) is 0 Å². The lowest BCUT2D eigenvalue weighted by Crippen LogP contribution is -2.30. The molecule has 0 aliphatic carbocycles. The van der Waals surface area contributed by atoms with Crippen molar-refractivity contribution in [2.75, 3.05) is 13.2 Å². The Labute approximate surface area is 380 Å². The lowest BCUT2D eigenvalue weighted by Gasteiger charge is -2.18. The van der Waals surface area contributed by atoms with Gasteiger partial charge in [-0.2, -0.15) is 0 Å². The zero-order chi connectivity index (χ0) is 44.9. The van der Waals surface area contributed by atoms with Crippen LogP contribution >= 0.6 is 0 Å². The molecule has 0 fully saturated rings. The molecule has 0 saturated heterocycles. The molecule has 6 heteroatoms. The highest BCUT2D eigenvalue weighted by Crippen LogP contribution is 2.18. The summed E-state index contributed by atoms with van der Waals surface area (Å²) in [6.07, 6.45) is 46.8. The Hall–Kier alpha value is -1.59. The molecule has 0 aliphatic rings. The maximum absolute atomic E-state index is 12.8. The molecule has 0 spiro atoms. The molecular formula is C55H106O6. The molecule has 0 aliphatic heterocycles. The van der Waals surface area contributed by atoms with E-state index in [0.29, 0.717) is 19.3 Å². The third kappa shape index (κ3) is 49.3. The van der Waals surface area contributed by atoms with Gasteiger partial charge in [-0.25, -0.2) is 0 Å². The van der Waals surface area contributed by atoms with Crippen LogP contribution in [0.15, 0.2) is 0 Å². The highest BCUT2D eigenvalue weighted by Gasteiger charge is 2.19. The molecule has 0 heterocycles. The first-order chi connectivity index (χ1) is 29.6. The van der Waals surface area contributed by atoms with Gasteiger partial charge < -0.3 is 14.2 Å². The van der Waals surface area contributed by atoms with Gasteiger partial charge in [-0.05, 0) is 37.0 Å². The van der Waals surface area contributed by atoms with Crippen molar-refractivity contribution in [2.24, 2.45) is 17.8 Å². The second kappa shape index (κ2) is 46.4. The zero-order valence-electron chi connectivity index (χ0n) is 42.0. The maximum atomic E-state index is 12.8. The predicted molar refractivity (Wildman–Crippen MR) is 261 cm³/mol. The normalized spacial score (nSPS) is 12.1. The van der Waals surface area contributed by atoms with Crippen molar-refractivity contribution < 1.29 is 28.6 Å². The van der Waals surface area contributed by atoms with Crippen molar-refractivity contribution in [1.29, 1.82) is 0 Å². The molecule has 0 aromatic heterocycles. The Morgan fingerprint density at radius 3 is 0.705 bits per heavy atom. The topological polar surface area (TPSA) is 78.9 Å². The van der Waals surface area contributed by atoms with E-state index < -0.39 is 6.10 Å². The smallest absolute Gasteiger partial charge is 0.306 e. The van der Waals surface area contributed by atoms with Gasteiger partial charge in [-0.3, -0.25) is 14.4 Å². The summed E-state index contributed by atoms with van der Waals surface area (Å²) in [7, 11) is 0. The molecule has 0 rings (SSSR count). The van der Waals surface area contributed by atoms with Crippen molar-refractivity contribution in [2.45, 2.75) is 304 Å². The summed E-state index contributed by atoms with van der Waals surface area (Å²) in [5.41, 5.74) is 0. The molecule has 61 heavy (non-hydrogen) atoms. The van der Waals surface area contributed by atoms with Gasteiger partial charge in [0.05, 0.1) is 0 Å². The van der Waals surface area contributed by atoms with E-state index in [1.807, 2.05) is 0 Å². The number of ether oxygens (including phenoxy) is 3. The molecule has 0 N–H and O–H groups in total. The largest absolute Gasteiger partial charge is 0.462 e. The molecule has 0 amide bonds. The fourth-order valence-corrected chi connectivity index (χ4v) is 8.29. The minimum atomic E-state index is -0.763. The molecule has 0 unspecified atom stereocenters. The second-order valence-electron chi connectivity index (χ2n) is 20.3. The highest BCUT2D eigenvalue weighted by molar-refractivity contribution is 5.71. The van der Waals surface area contributed by atoms with Gasteiger partial charge in [-0.1, -0.05) is 260 Å². The molecule has 0 radical (unpaired) electrons. The van der Waals surface area contributed by atoms with Crippen molar-refractivity contribution >= 4 is 17.9 Å². The Bertz CT molecular complexity index is 945. The summed E-state index contributed by atoms with van der Waals surface area (Å²) >= 11 is 0. The number of carbonyl (C=O) groups excluding carboxylic acids is 3. The average Bonchev–Trinajstić information content (AvgIpc) is 3.22. The molecule has 0 bridgehead atoms. The summed E-state index contributed by atoms with van der Waals surface area (Å²) in [5.74, 6) is 1.60. The number of rotatable bonds is 48. The van der Waals surface area contributed by atoms with Crippen LogP contribution in [0.3, 0.4) is 0 Å². The number of carbonyl (C=O) groups is 3. The first-order valence-corrected chi connectivity index (χ1v) is 27.1. The standard InChI is InChI=1S/C55H106O6/c1-49(2)41-35-29-23-19-15-11-7-9-13-17-21-25-32-38-44-53(56)59-47-52(48-60-54(57)45-39-33-28-27-31-37-43-51(5)6)61-55(58)46-40-34-26-22-18-14-10-8-12-16-20-24-30-36-42-50(3)4/h49-52H,7-48H2,1-6H3/t52-/m0/s1. The Morgan fingerprint density at radius 1 is 0.279 bits per heavy atom. The Balaban J connectivity index is 4.25. The monoisotopic (exact) mass is 863 g/mol. The average molecular weight is 863 g/mol. The first kappa shape index (κ1) is 59.4. The SMILES string of the molecule is CC(C)CCCCCCCCCCCCCCCCC(=O)OC[C@@H](COC(=O)CCCCCCCCC(C)C)OC(=O)CCCCCCCCCCCCCCCCC(C)C. The van der Waals surface area contributed by atoms with E-state index in [4.69, 9.17) is 14.2 Å². The van der Waals surface area contributed by atoms with E-state index in [9.17, 15) is 14.4 Å². The quantitative estimate of drug-likeness (QED) is 0.0344. The lowest BCUT2D eigenvalue weighted by molar-refractivity contribution is -0.167. The van der Waals surface area contributed by atoms with Crippen molar-refractivity contribution in [3.8, 4) is 0 Å². The van der Waals surface area contributed by atoms with Gasteiger partial charge in [0, 0.05) is 19.3 Å². The molecule has 0 aromatic carbocycles. The fourth-order valence-electron chi connectivity index (χ4n) is 8.29. The van der Waals surface area contributed by atoms with Crippen LogP contribution in [-0.4, -0.2) is 37.2 Å². The van der Waals surface area contributed by atoms with Crippen molar-refractivity contribution in [3.63, 3.8) is 0 Å². The molecule has 6 nitrogen and oxygen atoms in total. The van der Waals surface area contributed by atoms with Crippen LogP contribution in [0.5, 0.6) is 0 Å². The molecule has 0 aromatic rings. The number of hydrogen-bond acceptors (Lipinski definition) is 6. The molecule has 1 atom stereocenters. The Kier molecular flexibility index (Phi) is 45.2. The van der Waals surface area contributed by atoms with Crippen molar-refractivity contribution in [1.82, 2.24) is 0 Å². The van der Waals surface area contributed by atoms with Crippen LogP contribution in [0.25, 0.3) is 0 Å². The second-order valence-corrected chi connectivity index (χ2v) is 20.3. The van der Waals surface area contributed by atoms with Crippen LogP contribution in [0, 0.1) is 17.8 Å². The van der Waals surface area contributed by atoms with Gasteiger partial charge >= 0.3 is 17.9 Å². The minimum Gasteiger partial charge on any atom is -0.462 e. The third-order valence-corrected chi connectivity index (χ3v) is 12.4. The van der Waals surface area contributed by atoms with E-state index in [2.05, 4.69) is 41.5 Å². The molecule has 362 valence electrons. The third-order valence-electron chi connectivity index (χ3n) is 12.4. The minimum absolute atomic E-state index is 0.0648. The molecular weight excluding hydrogens is 757 g/mol. The summed E-state index contributed by atoms with van der Waals surface area (Å²) in [6, 6.07) is 0. The molecule has 0 saturated carbocycles. The summed E-state index contributed by atoms with van der Waals surface area (Å²) in [5, 5.41) is 0. The van der Waals surface area contributed by atoms with E-state index in [1.165, 1.54) is 180 Å². The maximum Gasteiger partial charge on any atom is 0.306 e. The van der Waals surface area contributed by atoms with Gasteiger partial charge in [0.2, 0.25) is 0 Å². The van der Waals surface area contributed by atoms with Crippen LogP contribution in [0.4, 0.5) is 0 Å². The van der Waals surface area contributed by atoms with Gasteiger partial charge in [0.25, 0.3) is 0 Å². The van der Waals surface area contributed by atoms with Gasteiger partial charge in [-0.15, -0.1) is 0 Å². The Morgan fingerprint density at radius 2 is 0.475 bits per heavy atom. The van der Waals surface area contributed by atoms with E-state index in [-0.39, 0.29) is 31.1 Å². The summed E-state index contributed by atoms with van der Waals surface area (Å²) < 4.78 is 16.8. The van der Waals surface area contributed by atoms with E-state index >= 15 is 0 Å². The fraction of sp³-hybridized carbons (Fsp3) is 0.945. The highest BCUT2D eigenvalue weighted by atomic mass is 16.6. The zero-order valence-corrected chi connectivity index (χ0v) is 42.0. The summed E-state index contributed by atoms with van der Waals surface area (Å²) in [4.78, 5) is 38.0. The van der Waals surface area contributed by atoms with Gasteiger partial charge in [0.15, 0.2) is 6.10 Å². The lowest BCUT2D eigenvalue weighted by atomic mass is 10.0. The summed E-state index contributed by atoms with van der Waals surface area (Å²) in [6.45, 7) is 13.7. The van der Waals surface area contributed by atoms with Gasteiger partial charge in [0.1, 0.15) is 13.2 Å². The number of esters is 3.